The van der Waals surface area contributed by atoms with Gasteiger partial charge in [0, 0.05) is 63.9 Å². The first-order chi connectivity index (χ1) is 11.0. The molecule has 1 saturated heterocycles. The van der Waals surface area contributed by atoms with E-state index in [4.69, 9.17) is 0 Å². The number of piperazine rings is 1. The van der Waals surface area contributed by atoms with Gasteiger partial charge >= 0.3 is 0 Å². The molecule has 0 aliphatic carbocycles. The number of hydrogen-bond donors (Lipinski definition) is 0. The van der Waals surface area contributed by atoms with Crippen LogP contribution in [-0.2, 0) is 4.79 Å². The molecule has 3 rings (SSSR count). The summed E-state index contributed by atoms with van der Waals surface area (Å²) in [5, 5.41) is 0. The Bertz CT molecular complexity index is 639. The Balaban J connectivity index is 1.89. The number of amides is 1. The predicted molar refractivity (Wildman–Crippen MR) is 87.7 cm³/mol. The smallest absolute Gasteiger partial charge is 0.219 e. The molecule has 0 saturated carbocycles. The maximum absolute atomic E-state index is 14.5. The number of carbonyl (C=O) groups is 2. The van der Waals surface area contributed by atoms with Crippen LogP contribution in [0.4, 0.5) is 15.8 Å². The van der Waals surface area contributed by atoms with E-state index in [1.165, 1.54) is 6.07 Å². The molecule has 2 heterocycles. The molecular formula is C17H22FN3O2. The molecule has 1 aromatic rings. The molecule has 1 amide bonds. The van der Waals surface area contributed by atoms with Gasteiger partial charge in [-0.2, -0.15) is 0 Å². The molecule has 6 heteroatoms. The monoisotopic (exact) mass is 319 g/mol. The average molecular weight is 319 g/mol. The molecule has 5 nitrogen and oxygen atoms in total. The number of halogens is 1. The number of carbonyl (C=O) groups excluding carboxylic acids is 2. The van der Waals surface area contributed by atoms with Crippen molar-refractivity contribution in [3.63, 3.8) is 0 Å². The van der Waals surface area contributed by atoms with Crippen LogP contribution < -0.4 is 9.80 Å². The summed E-state index contributed by atoms with van der Waals surface area (Å²) in [5.74, 6) is -0.291. The highest BCUT2D eigenvalue weighted by Gasteiger charge is 2.27. The van der Waals surface area contributed by atoms with Crippen LogP contribution in [0.3, 0.4) is 0 Å². The molecule has 0 bridgehead atoms. The van der Waals surface area contributed by atoms with E-state index in [0.29, 0.717) is 50.4 Å². The van der Waals surface area contributed by atoms with Gasteiger partial charge in [0.25, 0.3) is 0 Å². The van der Waals surface area contributed by atoms with Gasteiger partial charge in [-0.1, -0.05) is 0 Å². The zero-order chi connectivity index (χ0) is 16.6. The van der Waals surface area contributed by atoms with Crippen molar-refractivity contribution in [2.75, 3.05) is 49.1 Å². The first kappa shape index (κ1) is 15.8. The Morgan fingerprint density at radius 1 is 1.13 bits per heavy atom. The average Bonchev–Trinajstić information content (AvgIpc) is 2.55. The number of anilines is 2. The minimum Gasteiger partial charge on any atom is -0.371 e. The van der Waals surface area contributed by atoms with E-state index in [9.17, 15) is 14.0 Å². The molecule has 23 heavy (non-hydrogen) atoms. The Morgan fingerprint density at radius 3 is 2.43 bits per heavy atom. The fourth-order valence-electron chi connectivity index (χ4n) is 3.36. The van der Waals surface area contributed by atoms with Gasteiger partial charge in [0.05, 0.1) is 5.69 Å². The third-order valence-corrected chi connectivity index (χ3v) is 4.76. The molecule has 124 valence electrons. The number of ketones is 1. The summed E-state index contributed by atoms with van der Waals surface area (Å²) < 4.78 is 14.5. The number of nitrogens with zero attached hydrogens (tertiary/aromatic N) is 3. The van der Waals surface area contributed by atoms with Crippen molar-refractivity contribution in [1.29, 1.82) is 0 Å². The molecule has 0 atom stereocenters. The molecule has 2 aliphatic heterocycles. The van der Waals surface area contributed by atoms with Gasteiger partial charge < -0.3 is 14.7 Å². The van der Waals surface area contributed by atoms with E-state index in [0.717, 1.165) is 12.2 Å². The lowest BCUT2D eigenvalue weighted by Gasteiger charge is -2.37. The number of fused-ring (bicyclic) bond motifs is 1. The number of benzene rings is 1. The van der Waals surface area contributed by atoms with Crippen molar-refractivity contribution in [2.45, 2.75) is 20.3 Å². The lowest BCUT2D eigenvalue weighted by molar-refractivity contribution is -0.129. The van der Waals surface area contributed by atoms with Gasteiger partial charge in [0.2, 0.25) is 5.91 Å². The summed E-state index contributed by atoms with van der Waals surface area (Å²) in [7, 11) is 0. The van der Waals surface area contributed by atoms with Crippen molar-refractivity contribution in [2.24, 2.45) is 0 Å². The van der Waals surface area contributed by atoms with E-state index in [1.54, 1.807) is 17.9 Å². The summed E-state index contributed by atoms with van der Waals surface area (Å²) in [6, 6.07) is 3.18. The third kappa shape index (κ3) is 2.90. The van der Waals surface area contributed by atoms with Crippen molar-refractivity contribution >= 4 is 23.1 Å². The van der Waals surface area contributed by atoms with Gasteiger partial charge in [-0.05, 0) is 19.1 Å². The van der Waals surface area contributed by atoms with Crippen molar-refractivity contribution in [1.82, 2.24) is 4.90 Å². The maximum Gasteiger partial charge on any atom is 0.219 e. The minimum atomic E-state index is -0.355. The van der Waals surface area contributed by atoms with Crippen LogP contribution in [-0.4, -0.2) is 55.9 Å². The number of Topliss-reactive ketones (excluding diaryl/α,β-unsaturated/α-hetero) is 1. The number of hydrogen-bond acceptors (Lipinski definition) is 4. The predicted octanol–water partition coefficient (Wildman–Crippen LogP) is 1.91. The summed E-state index contributed by atoms with van der Waals surface area (Å²) >= 11 is 0. The molecule has 0 radical (unpaired) electrons. The van der Waals surface area contributed by atoms with E-state index in [2.05, 4.69) is 4.90 Å². The van der Waals surface area contributed by atoms with Crippen LogP contribution in [0.5, 0.6) is 0 Å². The molecular weight excluding hydrogens is 297 g/mol. The zero-order valence-electron chi connectivity index (χ0n) is 13.6. The fourth-order valence-corrected chi connectivity index (χ4v) is 3.36. The second-order valence-electron chi connectivity index (χ2n) is 6.07. The lowest BCUT2D eigenvalue weighted by Crippen LogP contribution is -2.48. The van der Waals surface area contributed by atoms with E-state index >= 15 is 0 Å². The highest BCUT2D eigenvalue weighted by atomic mass is 19.1. The molecule has 1 aromatic carbocycles. The summed E-state index contributed by atoms with van der Waals surface area (Å²) in [4.78, 5) is 29.3. The fraction of sp³-hybridized carbons (Fsp3) is 0.529. The summed E-state index contributed by atoms with van der Waals surface area (Å²) in [6.07, 6.45) is 0.441. The Morgan fingerprint density at radius 2 is 1.83 bits per heavy atom. The lowest BCUT2D eigenvalue weighted by atomic mass is 9.99. The first-order valence-electron chi connectivity index (χ1n) is 8.13. The minimum absolute atomic E-state index is 0.0107. The topological polar surface area (TPSA) is 43.9 Å². The van der Waals surface area contributed by atoms with E-state index < -0.39 is 0 Å². The van der Waals surface area contributed by atoms with Gasteiger partial charge in [-0.15, -0.1) is 0 Å². The molecule has 0 aromatic heterocycles. The second kappa shape index (κ2) is 6.18. The normalized spacial score (nSPS) is 18.2. The van der Waals surface area contributed by atoms with Crippen molar-refractivity contribution < 1.29 is 14.0 Å². The first-order valence-corrected chi connectivity index (χ1v) is 8.13. The molecule has 0 spiro atoms. The molecule has 1 fully saturated rings. The van der Waals surface area contributed by atoms with Gasteiger partial charge in [-0.3, -0.25) is 9.59 Å². The van der Waals surface area contributed by atoms with Gasteiger partial charge in [-0.25, -0.2) is 4.39 Å². The van der Waals surface area contributed by atoms with Crippen molar-refractivity contribution in [3.8, 4) is 0 Å². The van der Waals surface area contributed by atoms with Gasteiger partial charge in [0.1, 0.15) is 5.82 Å². The largest absolute Gasteiger partial charge is 0.371 e. The Kier molecular flexibility index (Phi) is 4.24. The highest BCUT2D eigenvalue weighted by molar-refractivity contribution is 6.04. The summed E-state index contributed by atoms with van der Waals surface area (Å²) in [6.45, 7) is 7.48. The number of rotatable bonds is 2. The molecule has 2 aliphatic rings. The van der Waals surface area contributed by atoms with Gasteiger partial charge in [0.15, 0.2) is 5.78 Å². The highest BCUT2D eigenvalue weighted by Crippen LogP contribution is 2.34. The zero-order valence-corrected chi connectivity index (χ0v) is 13.6. The van der Waals surface area contributed by atoms with E-state index in [1.807, 2.05) is 11.8 Å². The summed E-state index contributed by atoms with van der Waals surface area (Å²) in [5.41, 5.74) is 1.84. The SMILES string of the molecule is CCN1CCC(=O)c2cc(F)c(N3CCN(C(C)=O)CC3)cc21. The van der Waals surface area contributed by atoms with Crippen molar-refractivity contribution in [3.05, 3.63) is 23.5 Å². The van der Waals surface area contributed by atoms with Crippen LogP contribution in [0.2, 0.25) is 0 Å². The van der Waals surface area contributed by atoms with Crippen LogP contribution in [0.1, 0.15) is 30.6 Å². The third-order valence-electron chi connectivity index (χ3n) is 4.76. The quantitative estimate of drug-likeness (QED) is 0.835. The maximum atomic E-state index is 14.5. The van der Waals surface area contributed by atoms with E-state index in [-0.39, 0.29) is 17.5 Å². The Labute approximate surface area is 135 Å². The van der Waals surface area contributed by atoms with Crippen LogP contribution in [0.15, 0.2) is 12.1 Å². The van der Waals surface area contributed by atoms with Crippen LogP contribution in [0, 0.1) is 5.82 Å². The molecule has 0 unspecified atom stereocenters. The Hall–Kier alpha value is -2.11. The molecule has 0 N–H and O–H groups in total. The standard InChI is InChI=1S/C17H22FN3O2/c1-3-19-5-4-17(23)13-10-14(18)16(11-15(13)19)21-8-6-20(7-9-21)12(2)22/h10-11H,3-9H2,1-2H3. The van der Waals surface area contributed by atoms with Crippen LogP contribution >= 0.6 is 0 Å². The second-order valence-corrected chi connectivity index (χ2v) is 6.07. The van der Waals surface area contributed by atoms with Crippen LogP contribution in [0.25, 0.3) is 0 Å².